The SMILES string of the molecule is CNC(=O)CCN(C)c1nc(N)nc(N(C)C)n1. The van der Waals surface area contributed by atoms with Crippen molar-refractivity contribution in [3.05, 3.63) is 0 Å². The Morgan fingerprint density at radius 2 is 1.83 bits per heavy atom. The van der Waals surface area contributed by atoms with Crippen molar-refractivity contribution in [2.24, 2.45) is 0 Å². The molecule has 100 valence electrons. The van der Waals surface area contributed by atoms with Crippen LogP contribution in [-0.2, 0) is 4.79 Å². The van der Waals surface area contributed by atoms with Crippen LogP contribution in [0.3, 0.4) is 0 Å². The number of nitrogens with zero attached hydrogens (tertiary/aromatic N) is 5. The zero-order chi connectivity index (χ0) is 13.7. The Bertz CT molecular complexity index is 421. The van der Waals surface area contributed by atoms with Crippen LogP contribution in [0.2, 0.25) is 0 Å². The third-order valence-electron chi connectivity index (χ3n) is 2.32. The molecule has 1 rings (SSSR count). The molecule has 18 heavy (non-hydrogen) atoms. The van der Waals surface area contributed by atoms with E-state index in [9.17, 15) is 4.79 Å². The van der Waals surface area contributed by atoms with E-state index in [0.717, 1.165) is 0 Å². The Morgan fingerprint density at radius 1 is 1.22 bits per heavy atom. The maximum atomic E-state index is 11.2. The van der Waals surface area contributed by atoms with Gasteiger partial charge in [-0.3, -0.25) is 4.79 Å². The van der Waals surface area contributed by atoms with Crippen molar-refractivity contribution in [2.45, 2.75) is 6.42 Å². The Labute approximate surface area is 106 Å². The smallest absolute Gasteiger partial charge is 0.231 e. The lowest BCUT2D eigenvalue weighted by Crippen LogP contribution is -2.28. The average Bonchev–Trinajstić information content (AvgIpc) is 2.34. The number of nitrogens with one attached hydrogen (secondary N) is 1. The van der Waals surface area contributed by atoms with E-state index in [1.54, 1.807) is 23.9 Å². The van der Waals surface area contributed by atoms with Gasteiger partial charge < -0.3 is 20.9 Å². The molecular formula is C10H19N7O. The van der Waals surface area contributed by atoms with E-state index in [1.807, 2.05) is 14.1 Å². The Balaban J connectivity index is 2.78. The molecule has 0 saturated heterocycles. The normalized spacial score (nSPS) is 10.0. The molecule has 0 aliphatic heterocycles. The molecule has 0 aliphatic rings. The van der Waals surface area contributed by atoms with Crippen molar-refractivity contribution in [1.82, 2.24) is 20.3 Å². The molecule has 0 radical (unpaired) electrons. The van der Waals surface area contributed by atoms with Crippen molar-refractivity contribution in [2.75, 3.05) is 50.3 Å². The number of rotatable bonds is 5. The fourth-order valence-electron chi connectivity index (χ4n) is 1.23. The van der Waals surface area contributed by atoms with Gasteiger partial charge in [0, 0.05) is 41.2 Å². The van der Waals surface area contributed by atoms with Gasteiger partial charge >= 0.3 is 0 Å². The van der Waals surface area contributed by atoms with E-state index in [1.165, 1.54) is 0 Å². The fraction of sp³-hybridized carbons (Fsp3) is 0.600. The van der Waals surface area contributed by atoms with Crippen LogP contribution in [0.1, 0.15) is 6.42 Å². The highest BCUT2D eigenvalue weighted by atomic mass is 16.1. The van der Waals surface area contributed by atoms with Gasteiger partial charge in [0.15, 0.2) is 0 Å². The van der Waals surface area contributed by atoms with Crippen molar-refractivity contribution in [3.63, 3.8) is 0 Å². The average molecular weight is 253 g/mol. The maximum absolute atomic E-state index is 11.2. The molecular weight excluding hydrogens is 234 g/mol. The van der Waals surface area contributed by atoms with Gasteiger partial charge in [-0.25, -0.2) is 0 Å². The summed E-state index contributed by atoms with van der Waals surface area (Å²) < 4.78 is 0. The molecule has 1 heterocycles. The maximum Gasteiger partial charge on any atom is 0.231 e. The molecule has 1 aromatic rings. The van der Waals surface area contributed by atoms with Crippen LogP contribution in [0, 0.1) is 0 Å². The summed E-state index contributed by atoms with van der Waals surface area (Å²) in [6.45, 7) is 0.510. The first-order chi connectivity index (χ1) is 8.43. The fourth-order valence-corrected chi connectivity index (χ4v) is 1.23. The Morgan fingerprint density at radius 3 is 2.39 bits per heavy atom. The van der Waals surface area contributed by atoms with Gasteiger partial charge in [-0.05, 0) is 0 Å². The molecule has 1 aromatic heterocycles. The van der Waals surface area contributed by atoms with Crippen molar-refractivity contribution in [3.8, 4) is 0 Å². The number of nitrogen functional groups attached to an aromatic ring is 1. The van der Waals surface area contributed by atoms with Gasteiger partial charge in [0.1, 0.15) is 0 Å². The van der Waals surface area contributed by atoms with E-state index >= 15 is 0 Å². The predicted molar refractivity (Wildman–Crippen MR) is 70.5 cm³/mol. The summed E-state index contributed by atoms with van der Waals surface area (Å²) in [7, 11) is 7.05. The van der Waals surface area contributed by atoms with Crippen LogP contribution in [0.15, 0.2) is 0 Å². The van der Waals surface area contributed by atoms with Crippen LogP contribution in [0.4, 0.5) is 17.8 Å². The topological polar surface area (TPSA) is 100 Å². The summed E-state index contributed by atoms with van der Waals surface area (Å²) in [6.07, 6.45) is 0.371. The third kappa shape index (κ3) is 3.72. The van der Waals surface area contributed by atoms with Crippen LogP contribution in [0.5, 0.6) is 0 Å². The second kappa shape index (κ2) is 5.99. The number of aromatic nitrogens is 3. The van der Waals surface area contributed by atoms with Gasteiger partial charge in [-0.1, -0.05) is 0 Å². The first-order valence-electron chi connectivity index (χ1n) is 5.54. The Kier molecular flexibility index (Phi) is 4.64. The third-order valence-corrected chi connectivity index (χ3v) is 2.32. The summed E-state index contributed by atoms with van der Waals surface area (Å²) >= 11 is 0. The van der Waals surface area contributed by atoms with Crippen LogP contribution < -0.4 is 20.9 Å². The quantitative estimate of drug-likeness (QED) is 0.700. The number of carbonyl (C=O) groups is 1. The zero-order valence-corrected chi connectivity index (χ0v) is 11.1. The predicted octanol–water partition coefficient (Wildman–Crippen LogP) is -0.908. The highest BCUT2D eigenvalue weighted by Crippen LogP contribution is 2.12. The Hall–Kier alpha value is -2.12. The summed E-state index contributed by atoms with van der Waals surface area (Å²) in [5.41, 5.74) is 5.62. The summed E-state index contributed by atoms with van der Waals surface area (Å²) in [5, 5.41) is 2.56. The van der Waals surface area contributed by atoms with Gasteiger partial charge in [0.2, 0.25) is 23.8 Å². The van der Waals surface area contributed by atoms with Crippen LogP contribution in [0.25, 0.3) is 0 Å². The molecule has 0 saturated carbocycles. The van der Waals surface area contributed by atoms with Crippen molar-refractivity contribution in [1.29, 1.82) is 0 Å². The lowest BCUT2D eigenvalue weighted by molar-refractivity contribution is -0.120. The molecule has 0 aliphatic carbocycles. The van der Waals surface area contributed by atoms with E-state index in [0.29, 0.717) is 24.9 Å². The van der Waals surface area contributed by atoms with E-state index in [2.05, 4.69) is 20.3 Å². The minimum atomic E-state index is -0.0308. The molecule has 0 spiro atoms. The van der Waals surface area contributed by atoms with E-state index < -0.39 is 0 Å². The molecule has 8 heteroatoms. The molecule has 0 atom stereocenters. The highest BCUT2D eigenvalue weighted by molar-refractivity contribution is 5.76. The molecule has 0 aromatic carbocycles. The number of anilines is 3. The standard InChI is InChI=1S/C10H19N7O/c1-12-7(18)5-6-17(4)10-14-8(11)13-9(15-10)16(2)3/h5-6H2,1-4H3,(H,12,18)(H2,11,13,14,15). The summed E-state index contributed by atoms with van der Waals surface area (Å²) in [6, 6.07) is 0. The molecule has 3 N–H and O–H groups in total. The number of carbonyl (C=O) groups excluding carboxylic acids is 1. The number of amides is 1. The second-order valence-electron chi connectivity index (χ2n) is 4.03. The molecule has 0 unspecified atom stereocenters. The number of nitrogens with two attached hydrogens (primary N) is 1. The lowest BCUT2D eigenvalue weighted by Gasteiger charge is -2.18. The molecule has 0 fully saturated rings. The lowest BCUT2D eigenvalue weighted by atomic mass is 10.4. The van der Waals surface area contributed by atoms with Gasteiger partial charge in [-0.2, -0.15) is 15.0 Å². The van der Waals surface area contributed by atoms with Gasteiger partial charge in [0.25, 0.3) is 0 Å². The first-order valence-corrected chi connectivity index (χ1v) is 5.54. The zero-order valence-electron chi connectivity index (χ0n) is 11.1. The molecule has 1 amide bonds. The van der Waals surface area contributed by atoms with Crippen LogP contribution >= 0.6 is 0 Å². The number of hydrogen-bond acceptors (Lipinski definition) is 7. The summed E-state index contributed by atoms with van der Waals surface area (Å²) in [5.74, 6) is 1.08. The van der Waals surface area contributed by atoms with Gasteiger partial charge in [-0.15, -0.1) is 0 Å². The van der Waals surface area contributed by atoms with E-state index in [4.69, 9.17) is 5.73 Å². The largest absolute Gasteiger partial charge is 0.368 e. The highest BCUT2D eigenvalue weighted by Gasteiger charge is 2.11. The van der Waals surface area contributed by atoms with Gasteiger partial charge in [0.05, 0.1) is 0 Å². The molecule has 8 nitrogen and oxygen atoms in total. The van der Waals surface area contributed by atoms with Crippen LogP contribution in [-0.4, -0.2) is 55.6 Å². The molecule has 0 bridgehead atoms. The second-order valence-corrected chi connectivity index (χ2v) is 4.03. The monoisotopic (exact) mass is 253 g/mol. The van der Waals surface area contributed by atoms with Crippen molar-refractivity contribution >= 4 is 23.8 Å². The minimum Gasteiger partial charge on any atom is -0.368 e. The number of hydrogen-bond donors (Lipinski definition) is 2. The first kappa shape index (κ1) is 13.9. The van der Waals surface area contributed by atoms with E-state index in [-0.39, 0.29) is 11.9 Å². The minimum absolute atomic E-state index is 0.0308. The van der Waals surface area contributed by atoms with Crippen molar-refractivity contribution < 1.29 is 4.79 Å². The summed E-state index contributed by atoms with van der Waals surface area (Å²) in [4.78, 5) is 27.0.